The monoisotopic (exact) mass is 252 g/mol. The van der Waals surface area contributed by atoms with Gasteiger partial charge in [0.05, 0.1) is 12.2 Å². The normalized spacial score (nSPS) is 14.1. The van der Waals surface area contributed by atoms with Crippen molar-refractivity contribution in [1.29, 1.82) is 0 Å². The van der Waals surface area contributed by atoms with Crippen LogP contribution in [0.5, 0.6) is 0 Å². The number of carbonyl (C=O) groups excluding carboxylic acids is 1. The molecule has 3 rings (SSSR count). The first-order chi connectivity index (χ1) is 9.29. The van der Waals surface area contributed by atoms with Gasteiger partial charge in [0.15, 0.2) is 5.78 Å². The lowest BCUT2D eigenvalue weighted by atomic mass is 9.94. The molecule has 3 nitrogen and oxygen atoms in total. The van der Waals surface area contributed by atoms with Crippen LogP contribution < -0.4 is 5.32 Å². The number of hydrogen-bond acceptors (Lipinski definition) is 2. The number of aromatic amines is 1. The van der Waals surface area contributed by atoms with Crippen molar-refractivity contribution < 1.29 is 4.79 Å². The fraction of sp³-hybridized carbons (Fsp3) is 0.312. The minimum atomic E-state index is 0.236. The van der Waals surface area contributed by atoms with E-state index in [9.17, 15) is 4.79 Å². The Morgan fingerprint density at radius 2 is 2.26 bits per heavy atom. The van der Waals surface area contributed by atoms with Crippen LogP contribution >= 0.6 is 0 Å². The van der Waals surface area contributed by atoms with Crippen molar-refractivity contribution in [2.75, 3.05) is 13.6 Å². The summed E-state index contributed by atoms with van der Waals surface area (Å²) in [4.78, 5) is 15.1. The predicted octanol–water partition coefficient (Wildman–Crippen LogP) is 2.26. The van der Waals surface area contributed by atoms with Crippen molar-refractivity contribution >= 4 is 16.7 Å². The topological polar surface area (TPSA) is 44.9 Å². The molecule has 96 valence electrons. The number of Topliss-reactive ketones (excluding diaryl/α,β-unsaturated/α-hetero) is 1. The van der Waals surface area contributed by atoms with Crippen LogP contribution in [0.3, 0.4) is 0 Å². The molecular weight excluding hydrogens is 236 g/mol. The van der Waals surface area contributed by atoms with Crippen LogP contribution in [0.2, 0.25) is 0 Å². The molecule has 0 saturated carbocycles. The molecule has 0 atom stereocenters. The first-order valence-corrected chi connectivity index (χ1v) is 6.61. The van der Waals surface area contributed by atoms with Crippen molar-refractivity contribution in [3.8, 4) is 11.8 Å². The van der Waals surface area contributed by atoms with E-state index in [1.807, 2.05) is 19.2 Å². The lowest BCUT2D eigenvalue weighted by molar-refractivity contribution is 0.0968. The summed E-state index contributed by atoms with van der Waals surface area (Å²) in [6.45, 7) is 0.682. The number of H-pyrrole nitrogens is 1. The molecule has 0 spiro atoms. The number of benzene rings is 1. The molecule has 0 saturated heterocycles. The fourth-order valence-electron chi connectivity index (χ4n) is 2.61. The van der Waals surface area contributed by atoms with Gasteiger partial charge in [-0.15, -0.1) is 0 Å². The highest BCUT2D eigenvalue weighted by atomic mass is 16.1. The highest BCUT2D eigenvalue weighted by Crippen LogP contribution is 2.29. The summed E-state index contributed by atoms with van der Waals surface area (Å²) in [6, 6.07) is 6.10. The van der Waals surface area contributed by atoms with E-state index in [1.165, 1.54) is 5.56 Å². The van der Waals surface area contributed by atoms with E-state index in [-0.39, 0.29) is 5.78 Å². The van der Waals surface area contributed by atoms with Gasteiger partial charge in [0.2, 0.25) is 0 Å². The summed E-state index contributed by atoms with van der Waals surface area (Å²) >= 11 is 0. The van der Waals surface area contributed by atoms with Gasteiger partial charge in [-0.25, -0.2) is 0 Å². The average molecular weight is 252 g/mol. The highest BCUT2D eigenvalue weighted by Gasteiger charge is 2.21. The molecule has 1 aliphatic carbocycles. The van der Waals surface area contributed by atoms with Gasteiger partial charge in [-0.1, -0.05) is 11.8 Å². The summed E-state index contributed by atoms with van der Waals surface area (Å²) < 4.78 is 0. The van der Waals surface area contributed by atoms with E-state index < -0.39 is 0 Å². The van der Waals surface area contributed by atoms with Gasteiger partial charge in [0, 0.05) is 22.9 Å². The second-order valence-electron chi connectivity index (χ2n) is 4.85. The molecule has 1 heterocycles. The summed E-state index contributed by atoms with van der Waals surface area (Å²) in [5.41, 5.74) is 4.02. The quantitative estimate of drug-likeness (QED) is 0.765. The third kappa shape index (κ3) is 2.16. The minimum Gasteiger partial charge on any atom is -0.352 e. The van der Waals surface area contributed by atoms with E-state index in [0.717, 1.165) is 35.0 Å². The minimum absolute atomic E-state index is 0.236. The van der Waals surface area contributed by atoms with E-state index in [0.29, 0.717) is 13.0 Å². The van der Waals surface area contributed by atoms with Crippen molar-refractivity contribution in [2.45, 2.75) is 19.3 Å². The van der Waals surface area contributed by atoms with Gasteiger partial charge in [-0.2, -0.15) is 0 Å². The fourth-order valence-corrected chi connectivity index (χ4v) is 2.61. The Bertz CT molecular complexity index is 701. The number of aromatic nitrogens is 1. The number of ketones is 1. The second kappa shape index (κ2) is 4.91. The van der Waals surface area contributed by atoms with Crippen LogP contribution in [0.25, 0.3) is 10.9 Å². The Morgan fingerprint density at radius 1 is 1.37 bits per heavy atom. The van der Waals surface area contributed by atoms with E-state index in [4.69, 9.17) is 0 Å². The van der Waals surface area contributed by atoms with Crippen LogP contribution in [0.4, 0.5) is 0 Å². The second-order valence-corrected chi connectivity index (χ2v) is 4.85. The molecule has 0 fully saturated rings. The molecule has 2 N–H and O–H groups in total. The molecule has 0 aliphatic heterocycles. The van der Waals surface area contributed by atoms with Crippen LogP contribution in [0, 0.1) is 11.8 Å². The Labute approximate surface area is 112 Å². The zero-order chi connectivity index (χ0) is 13.2. The van der Waals surface area contributed by atoms with E-state index in [2.05, 4.69) is 28.2 Å². The molecular formula is C16H16N2O. The Morgan fingerprint density at radius 3 is 3.11 bits per heavy atom. The maximum Gasteiger partial charge on any atom is 0.179 e. The average Bonchev–Trinajstić information content (AvgIpc) is 2.79. The SMILES string of the molecule is CNCC#Cc1ccc2[nH]c3c(c2c1)CCCC3=O. The first-order valence-electron chi connectivity index (χ1n) is 6.61. The smallest absolute Gasteiger partial charge is 0.179 e. The lowest BCUT2D eigenvalue weighted by Crippen LogP contribution is -2.09. The lowest BCUT2D eigenvalue weighted by Gasteiger charge is -2.09. The number of nitrogens with one attached hydrogen (secondary N) is 2. The number of aryl methyl sites for hydroxylation is 1. The van der Waals surface area contributed by atoms with Crippen molar-refractivity contribution in [3.05, 3.63) is 35.0 Å². The molecule has 0 unspecified atom stereocenters. The maximum absolute atomic E-state index is 11.9. The van der Waals surface area contributed by atoms with Crippen molar-refractivity contribution in [1.82, 2.24) is 10.3 Å². The largest absolute Gasteiger partial charge is 0.352 e. The number of fused-ring (bicyclic) bond motifs is 3. The maximum atomic E-state index is 11.9. The standard InChI is InChI=1S/C16H16N2O/c1-17-9-3-4-11-7-8-14-13(10-11)12-5-2-6-15(19)16(12)18-14/h7-8,10,17-18H,2,5-6,9H2,1H3. The molecule has 0 radical (unpaired) electrons. The molecule has 2 aromatic rings. The number of carbonyl (C=O) groups is 1. The summed E-state index contributed by atoms with van der Waals surface area (Å²) in [7, 11) is 1.88. The zero-order valence-corrected chi connectivity index (χ0v) is 11.0. The van der Waals surface area contributed by atoms with Gasteiger partial charge < -0.3 is 10.3 Å². The molecule has 3 heteroatoms. The van der Waals surface area contributed by atoms with Crippen LogP contribution in [-0.2, 0) is 6.42 Å². The van der Waals surface area contributed by atoms with E-state index >= 15 is 0 Å². The number of hydrogen-bond donors (Lipinski definition) is 2. The summed E-state index contributed by atoms with van der Waals surface area (Å²) in [5.74, 6) is 6.43. The van der Waals surface area contributed by atoms with Crippen molar-refractivity contribution in [2.24, 2.45) is 0 Å². The van der Waals surface area contributed by atoms with Crippen LogP contribution in [0.1, 0.15) is 34.5 Å². The van der Waals surface area contributed by atoms with Gasteiger partial charge in [0.1, 0.15) is 0 Å². The van der Waals surface area contributed by atoms with Gasteiger partial charge in [-0.05, 0) is 43.7 Å². The predicted molar refractivity (Wildman–Crippen MR) is 76.4 cm³/mol. The highest BCUT2D eigenvalue weighted by molar-refractivity contribution is 6.03. The number of rotatable bonds is 1. The van der Waals surface area contributed by atoms with Gasteiger partial charge >= 0.3 is 0 Å². The molecule has 1 aromatic carbocycles. The molecule has 1 aliphatic rings. The first kappa shape index (κ1) is 12.0. The van der Waals surface area contributed by atoms with Crippen LogP contribution in [-0.4, -0.2) is 24.4 Å². The summed E-state index contributed by atoms with van der Waals surface area (Å²) in [5, 5.41) is 4.15. The third-order valence-corrected chi connectivity index (χ3v) is 3.51. The Hall–Kier alpha value is -2.05. The molecule has 19 heavy (non-hydrogen) atoms. The Balaban J connectivity index is 2.08. The molecule has 0 amide bonds. The molecule has 1 aromatic heterocycles. The third-order valence-electron chi connectivity index (χ3n) is 3.51. The summed E-state index contributed by atoms with van der Waals surface area (Å²) in [6.07, 6.45) is 2.59. The Kier molecular flexibility index (Phi) is 3.10. The molecule has 0 bridgehead atoms. The van der Waals surface area contributed by atoms with E-state index in [1.54, 1.807) is 0 Å². The zero-order valence-electron chi connectivity index (χ0n) is 11.0. The van der Waals surface area contributed by atoms with Gasteiger partial charge in [-0.3, -0.25) is 4.79 Å². The van der Waals surface area contributed by atoms with Crippen LogP contribution in [0.15, 0.2) is 18.2 Å². The van der Waals surface area contributed by atoms with Crippen molar-refractivity contribution in [3.63, 3.8) is 0 Å². The van der Waals surface area contributed by atoms with Gasteiger partial charge in [0.25, 0.3) is 0 Å².